The number of benzene rings is 2. The first-order valence-corrected chi connectivity index (χ1v) is 9.57. The summed E-state index contributed by atoms with van der Waals surface area (Å²) in [5, 5.41) is 0. The zero-order valence-corrected chi connectivity index (χ0v) is 17.3. The van der Waals surface area contributed by atoms with E-state index in [9.17, 15) is 0 Å². The van der Waals surface area contributed by atoms with E-state index in [4.69, 9.17) is 0 Å². The maximum absolute atomic E-state index is 2.42. The van der Waals surface area contributed by atoms with Crippen molar-refractivity contribution in [1.82, 2.24) is 0 Å². The Kier molecular flexibility index (Phi) is 7.85. The van der Waals surface area contributed by atoms with Gasteiger partial charge in [0.15, 0.2) is 0 Å². The fraction of sp³-hybridized carbons (Fsp3) is 0.130. The quantitative estimate of drug-likeness (QED) is 0.421. The van der Waals surface area contributed by atoms with E-state index in [0.717, 1.165) is 12.8 Å². The summed E-state index contributed by atoms with van der Waals surface area (Å²) in [6.07, 6.45) is 15.4. The van der Waals surface area contributed by atoms with Crippen LogP contribution in [-0.2, 0) is 21.7 Å². The van der Waals surface area contributed by atoms with E-state index < -0.39 is 0 Å². The van der Waals surface area contributed by atoms with Crippen LogP contribution < -0.4 is 0 Å². The van der Waals surface area contributed by atoms with Gasteiger partial charge in [0.25, 0.3) is 0 Å². The Morgan fingerprint density at radius 2 is 1.28 bits per heavy atom. The van der Waals surface area contributed by atoms with E-state index in [1.165, 1.54) is 33.4 Å². The van der Waals surface area contributed by atoms with Crippen LogP contribution in [0.15, 0.2) is 85.0 Å². The van der Waals surface area contributed by atoms with Gasteiger partial charge in [0, 0.05) is 21.7 Å². The molecule has 0 spiro atoms. The standard InChI is InChI=1S/C22H18.CH5P.Ti/c1-2-9-17(10-3-1)20-15-8-16-21(18-11-4-5-12-18)22(20)19-13-6-7-14-19;1-2;/h1-11,13,15-16H,12,14H2;2H2,1H3;. The van der Waals surface area contributed by atoms with Gasteiger partial charge in [0.1, 0.15) is 0 Å². The average Bonchev–Trinajstić information content (AvgIpc) is 3.37. The monoisotopic (exact) mass is 378 g/mol. The van der Waals surface area contributed by atoms with Gasteiger partial charge >= 0.3 is 0 Å². The predicted octanol–water partition coefficient (Wildman–Crippen LogP) is 6.53. The van der Waals surface area contributed by atoms with Crippen molar-refractivity contribution in [3.8, 4) is 11.1 Å². The van der Waals surface area contributed by atoms with E-state index in [1.807, 2.05) is 6.66 Å². The predicted molar refractivity (Wildman–Crippen MR) is 111 cm³/mol. The Morgan fingerprint density at radius 1 is 0.680 bits per heavy atom. The Balaban J connectivity index is 0.000000726. The van der Waals surface area contributed by atoms with Crippen molar-refractivity contribution >= 4 is 20.4 Å². The van der Waals surface area contributed by atoms with Crippen LogP contribution in [0, 0.1) is 0 Å². The van der Waals surface area contributed by atoms with Crippen molar-refractivity contribution in [3.63, 3.8) is 0 Å². The molecule has 0 fully saturated rings. The first-order chi connectivity index (χ1) is 11.9. The number of rotatable bonds is 3. The van der Waals surface area contributed by atoms with E-state index in [1.54, 1.807) is 0 Å². The second-order valence-corrected chi connectivity index (χ2v) is 5.74. The SMILES string of the molecule is C1=CCC(c2cccc(-c3ccccc3)c2C2=CC=CC2)=C1.CP.[Ti]. The summed E-state index contributed by atoms with van der Waals surface area (Å²) in [5.74, 6) is 0. The third-order valence-corrected chi connectivity index (χ3v) is 4.36. The smallest absolute Gasteiger partial charge is 0 e. The molecule has 2 aromatic rings. The van der Waals surface area contributed by atoms with Crippen LogP contribution in [0.2, 0.25) is 0 Å². The molecule has 4 rings (SSSR count). The fourth-order valence-electron chi connectivity index (χ4n) is 3.30. The van der Waals surface area contributed by atoms with Crippen molar-refractivity contribution in [1.29, 1.82) is 0 Å². The summed E-state index contributed by atoms with van der Waals surface area (Å²) in [4.78, 5) is 0. The Bertz CT molecular complexity index is 826. The molecule has 2 heteroatoms. The molecule has 0 nitrogen and oxygen atoms in total. The average molecular weight is 378 g/mol. The van der Waals surface area contributed by atoms with Crippen LogP contribution in [0.3, 0.4) is 0 Å². The van der Waals surface area contributed by atoms with Crippen LogP contribution in [0.4, 0.5) is 0 Å². The van der Waals surface area contributed by atoms with Crippen LogP contribution >= 0.6 is 9.24 Å². The zero-order chi connectivity index (χ0) is 16.8. The molecular formula is C23H23PTi. The largest absolute Gasteiger partial charge is 0.141 e. The Morgan fingerprint density at radius 3 is 1.88 bits per heavy atom. The minimum Gasteiger partial charge on any atom is -0.141 e. The van der Waals surface area contributed by atoms with Gasteiger partial charge in [0.2, 0.25) is 0 Å². The first-order valence-electron chi connectivity index (χ1n) is 8.42. The summed E-state index contributed by atoms with van der Waals surface area (Å²) < 4.78 is 0. The van der Waals surface area contributed by atoms with Gasteiger partial charge in [-0.1, -0.05) is 91.7 Å². The maximum atomic E-state index is 2.42. The third kappa shape index (κ3) is 4.39. The molecule has 1 atom stereocenters. The Labute approximate surface area is 168 Å². The van der Waals surface area contributed by atoms with Crippen molar-refractivity contribution in [2.45, 2.75) is 12.8 Å². The minimum atomic E-state index is 0. The van der Waals surface area contributed by atoms with Gasteiger partial charge in [-0.05, 0) is 46.2 Å². The number of hydrogen-bond acceptors (Lipinski definition) is 0. The number of allylic oxidation sites excluding steroid dienone is 8. The van der Waals surface area contributed by atoms with Crippen molar-refractivity contribution in [2.24, 2.45) is 0 Å². The zero-order valence-electron chi connectivity index (χ0n) is 14.6. The molecule has 1 unspecified atom stereocenters. The first kappa shape index (κ1) is 19.9. The Hall–Kier alpha value is -1.46. The van der Waals surface area contributed by atoms with Gasteiger partial charge in [-0.25, -0.2) is 0 Å². The summed E-state index contributed by atoms with van der Waals surface area (Å²) in [6.45, 7) is 1.92. The molecule has 0 saturated heterocycles. The van der Waals surface area contributed by atoms with Crippen LogP contribution in [-0.4, -0.2) is 6.66 Å². The molecule has 2 aliphatic carbocycles. The van der Waals surface area contributed by atoms with Crippen molar-refractivity contribution in [2.75, 3.05) is 6.66 Å². The minimum absolute atomic E-state index is 0. The molecule has 0 saturated carbocycles. The molecule has 25 heavy (non-hydrogen) atoms. The third-order valence-electron chi connectivity index (χ3n) is 4.36. The van der Waals surface area contributed by atoms with Gasteiger partial charge in [-0.15, -0.1) is 9.24 Å². The summed E-state index contributed by atoms with van der Waals surface area (Å²) in [7, 11) is 2.42. The molecule has 0 N–H and O–H groups in total. The molecule has 124 valence electrons. The fourth-order valence-corrected chi connectivity index (χ4v) is 3.30. The summed E-state index contributed by atoms with van der Waals surface area (Å²) in [5.41, 5.74) is 8.23. The summed E-state index contributed by atoms with van der Waals surface area (Å²) in [6, 6.07) is 17.4. The molecule has 0 heterocycles. The molecule has 0 aliphatic heterocycles. The topological polar surface area (TPSA) is 0 Å². The summed E-state index contributed by atoms with van der Waals surface area (Å²) >= 11 is 0. The van der Waals surface area contributed by atoms with Gasteiger partial charge in [-0.3, -0.25) is 0 Å². The molecule has 0 radical (unpaired) electrons. The van der Waals surface area contributed by atoms with Crippen molar-refractivity contribution in [3.05, 3.63) is 96.1 Å². The molecular weight excluding hydrogens is 355 g/mol. The molecule has 0 aromatic heterocycles. The van der Waals surface area contributed by atoms with E-state index >= 15 is 0 Å². The second-order valence-electron chi connectivity index (χ2n) is 5.74. The normalized spacial score (nSPS) is 14.3. The van der Waals surface area contributed by atoms with Gasteiger partial charge in [0.05, 0.1) is 0 Å². The van der Waals surface area contributed by atoms with E-state index in [-0.39, 0.29) is 21.7 Å². The van der Waals surface area contributed by atoms with E-state index in [2.05, 4.69) is 94.2 Å². The molecule has 2 aromatic carbocycles. The maximum Gasteiger partial charge on any atom is 0 e. The van der Waals surface area contributed by atoms with Crippen LogP contribution in [0.25, 0.3) is 22.3 Å². The van der Waals surface area contributed by atoms with E-state index in [0.29, 0.717) is 0 Å². The van der Waals surface area contributed by atoms with Crippen molar-refractivity contribution < 1.29 is 21.7 Å². The molecule has 0 bridgehead atoms. The van der Waals surface area contributed by atoms with Crippen LogP contribution in [0.1, 0.15) is 24.0 Å². The van der Waals surface area contributed by atoms with Crippen LogP contribution in [0.5, 0.6) is 0 Å². The molecule has 0 amide bonds. The van der Waals surface area contributed by atoms with Gasteiger partial charge in [-0.2, -0.15) is 0 Å². The molecule has 2 aliphatic rings. The van der Waals surface area contributed by atoms with Gasteiger partial charge < -0.3 is 0 Å². The number of hydrogen-bond donors (Lipinski definition) is 0. The second kappa shape index (κ2) is 9.88.